The fourth-order valence-electron chi connectivity index (χ4n) is 2.62. The monoisotopic (exact) mass is 365 g/mol. The van der Waals surface area contributed by atoms with Gasteiger partial charge in [-0.05, 0) is 36.6 Å². The molecule has 1 fully saturated rings. The van der Waals surface area contributed by atoms with E-state index in [1.165, 1.54) is 4.90 Å². The first-order chi connectivity index (χ1) is 11.4. The van der Waals surface area contributed by atoms with Crippen molar-refractivity contribution < 1.29 is 9.90 Å². The van der Waals surface area contributed by atoms with Crippen LogP contribution in [0.3, 0.4) is 0 Å². The van der Waals surface area contributed by atoms with Gasteiger partial charge in [0.25, 0.3) is 0 Å². The van der Waals surface area contributed by atoms with E-state index in [4.69, 9.17) is 28.3 Å². The van der Waals surface area contributed by atoms with Crippen molar-refractivity contribution in [1.82, 2.24) is 9.88 Å². The summed E-state index contributed by atoms with van der Waals surface area (Å²) in [4.78, 5) is 16.8. The number of hydrogen-bond acceptors (Lipinski definition) is 3. The lowest BCUT2D eigenvalue weighted by Gasteiger charge is -2.26. The van der Waals surface area contributed by atoms with Gasteiger partial charge in [-0.2, -0.15) is 0 Å². The molecule has 126 valence electrons. The van der Waals surface area contributed by atoms with Crippen LogP contribution in [0.2, 0.25) is 10.2 Å². The van der Waals surface area contributed by atoms with Crippen LogP contribution in [-0.2, 0) is 0 Å². The van der Waals surface area contributed by atoms with E-state index >= 15 is 0 Å². The van der Waals surface area contributed by atoms with Crippen LogP contribution >= 0.6 is 23.2 Å². The van der Waals surface area contributed by atoms with Crippen molar-refractivity contribution in [1.29, 1.82) is 0 Å². The zero-order valence-electron chi connectivity index (χ0n) is 13.1. The number of pyridine rings is 1. The van der Waals surface area contributed by atoms with Crippen molar-refractivity contribution in [3.05, 3.63) is 46.7 Å². The van der Waals surface area contributed by atoms with Crippen LogP contribution in [0.1, 0.15) is 12.8 Å². The number of carboxylic acid groups (broad SMARTS) is 1. The summed E-state index contributed by atoms with van der Waals surface area (Å²) in [6.07, 6.45) is 2.45. The summed E-state index contributed by atoms with van der Waals surface area (Å²) < 4.78 is 0. The number of hydrogen-bond donors (Lipinski definition) is 2. The molecule has 1 aliphatic carbocycles. The molecule has 2 N–H and O–H groups in total. The Bertz CT molecular complexity index is 761. The number of aromatic nitrogens is 1. The first-order valence-corrected chi connectivity index (χ1v) is 8.29. The van der Waals surface area contributed by atoms with Crippen LogP contribution in [0.5, 0.6) is 0 Å². The number of halogens is 2. The van der Waals surface area contributed by atoms with Gasteiger partial charge in [0, 0.05) is 24.2 Å². The minimum Gasteiger partial charge on any atom is -0.465 e. The molecule has 1 saturated carbocycles. The van der Waals surface area contributed by atoms with Crippen molar-refractivity contribution in [3.8, 4) is 11.1 Å². The lowest BCUT2D eigenvalue weighted by atomic mass is 10.1. The minimum absolute atomic E-state index is 0.327. The maximum Gasteiger partial charge on any atom is 0.407 e. The van der Waals surface area contributed by atoms with Gasteiger partial charge in [-0.25, -0.2) is 9.78 Å². The second-order valence-electron chi connectivity index (χ2n) is 5.99. The smallest absolute Gasteiger partial charge is 0.407 e. The molecule has 1 amide bonds. The maximum atomic E-state index is 11.2. The molecule has 24 heavy (non-hydrogen) atoms. The van der Waals surface area contributed by atoms with E-state index in [0.717, 1.165) is 29.7 Å². The molecule has 1 aromatic carbocycles. The number of likely N-dealkylation sites (N-methyl/N-ethyl adjacent to an activating group) is 1. The van der Waals surface area contributed by atoms with Crippen LogP contribution in [0.25, 0.3) is 11.1 Å². The number of carbonyl (C=O) groups is 1. The Morgan fingerprint density at radius 2 is 2.00 bits per heavy atom. The average molecular weight is 366 g/mol. The molecule has 7 heteroatoms. The number of rotatable bonds is 5. The molecule has 0 radical (unpaired) electrons. The van der Waals surface area contributed by atoms with Crippen molar-refractivity contribution in [2.45, 2.75) is 18.4 Å². The molecule has 0 aliphatic heterocycles. The van der Waals surface area contributed by atoms with Gasteiger partial charge in [-0.1, -0.05) is 35.3 Å². The van der Waals surface area contributed by atoms with Crippen molar-refractivity contribution in [3.63, 3.8) is 0 Å². The summed E-state index contributed by atoms with van der Waals surface area (Å²) in [5.74, 6) is 0. The van der Waals surface area contributed by atoms with E-state index in [1.807, 2.05) is 18.2 Å². The van der Waals surface area contributed by atoms with Crippen LogP contribution in [-0.4, -0.2) is 40.2 Å². The Hall–Kier alpha value is -1.98. The predicted octanol–water partition coefficient (Wildman–Crippen LogP) is 4.61. The van der Waals surface area contributed by atoms with Gasteiger partial charge in [0.15, 0.2) is 0 Å². The largest absolute Gasteiger partial charge is 0.465 e. The second-order valence-corrected chi connectivity index (χ2v) is 6.78. The van der Waals surface area contributed by atoms with Crippen LogP contribution in [0, 0.1) is 0 Å². The van der Waals surface area contributed by atoms with E-state index in [2.05, 4.69) is 10.3 Å². The lowest BCUT2D eigenvalue weighted by molar-refractivity contribution is 0.135. The number of nitrogens with one attached hydrogen (secondary N) is 1. The SMILES string of the molecule is CN(C(=O)O)C1(CNc2cnc(Cl)c(-c3ccc(Cl)cc3)c2)CC1. The molecule has 0 saturated heterocycles. The van der Waals surface area contributed by atoms with Gasteiger partial charge in [-0.15, -0.1) is 0 Å². The summed E-state index contributed by atoms with van der Waals surface area (Å²) >= 11 is 12.1. The molecule has 1 aliphatic rings. The third-order valence-corrected chi connectivity index (χ3v) is 4.99. The number of amides is 1. The summed E-state index contributed by atoms with van der Waals surface area (Å²) in [6, 6.07) is 9.28. The normalized spacial score (nSPS) is 15.0. The van der Waals surface area contributed by atoms with Gasteiger partial charge < -0.3 is 15.3 Å². The summed E-state index contributed by atoms with van der Waals surface area (Å²) in [5.41, 5.74) is 2.19. The number of anilines is 1. The van der Waals surface area contributed by atoms with Gasteiger partial charge in [0.05, 0.1) is 17.4 Å². The Labute approximate surface area is 150 Å². The van der Waals surface area contributed by atoms with E-state index in [0.29, 0.717) is 16.7 Å². The number of benzene rings is 1. The molecular weight excluding hydrogens is 349 g/mol. The third kappa shape index (κ3) is 3.42. The van der Waals surface area contributed by atoms with E-state index in [9.17, 15) is 4.79 Å². The Morgan fingerprint density at radius 1 is 1.33 bits per heavy atom. The third-order valence-electron chi connectivity index (χ3n) is 4.44. The highest BCUT2D eigenvalue weighted by molar-refractivity contribution is 6.32. The minimum atomic E-state index is -0.912. The first-order valence-electron chi connectivity index (χ1n) is 7.53. The molecule has 3 rings (SSSR count). The highest BCUT2D eigenvalue weighted by atomic mass is 35.5. The van der Waals surface area contributed by atoms with Crippen LogP contribution in [0.15, 0.2) is 36.5 Å². The highest BCUT2D eigenvalue weighted by Crippen LogP contribution is 2.41. The van der Waals surface area contributed by atoms with Crippen LogP contribution in [0.4, 0.5) is 10.5 Å². The Morgan fingerprint density at radius 3 is 2.58 bits per heavy atom. The van der Waals surface area contributed by atoms with Crippen LogP contribution < -0.4 is 5.32 Å². The van der Waals surface area contributed by atoms with E-state index in [-0.39, 0.29) is 5.54 Å². The molecule has 0 spiro atoms. The molecule has 1 heterocycles. The fourth-order valence-corrected chi connectivity index (χ4v) is 2.96. The van der Waals surface area contributed by atoms with Crippen molar-refractivity contribution in [2.24, 2.45) is 0 Å². The van der Waals surface area contributed by atoms with Crippen molar-refractivity contribution in [2.75, 3.05) is 18.9 Å². The summed E-state index contributed by atoms with van der Waals surface area (Å²) in [5, 5.41) is 13.5. The quantitative estimate of drug-likeness (QED) is 0.759. The zero-order valence-corrected chi connectivity index (χ0v) is 14.6. The Kier molecular flexibility index (Phi) is 4.56. The van der Waals surface area contributed by atoms with Gasteiger partial charge in [0.1, 0.15) is 5.15 Å². The van der Waals surface area contributed by atoms with E-state index < -0.39 is 6.09 Å². The Balaban J connectivity index is 1.77. The predicted molar refractivity (Wildman–Crippen MR) is 95.9 cm³/mol. The van der Waals surface area contributed by atoms with Crippen molar-refractivity contribution >= 4 is 35.0 Å². The van der Waals surface area contributed by atoms with E-state index in [1.54, 1.807) is 25.4 Å². The fraction of sp³-hybridized carbons (Fsp3) is 0.294. The first kappa shape index (κ1) is 16.9. The standard InChI is InChI=1S/C17H17Cl2N3O2/c1-22(16(23)24)17(6-7-17)10-21-13-8-14(15(19)20-9-13)11-2-4-12(18)5-3-11/h2-5,8-9,21H,6-7,10H2,1H3,(H,23,24). The van der Waals surface area contributed by atoms with Gasteiger partial charge in [-0.3, -0.25) is 0 Å². The highest BCUT2D eigenvalue weighted by Gasteiger charge is 2.48. The molecule has 0 atom stereocenters. The summed E-state index contributed by atoms with van der Waals surface area (Å²) in [7, 11) is 1.61. The maximum absolute atomic E-state index is 11.2. The average Bonchev–Trinajstić information content (AvgIpc) is 3.35. The number of nitrogens with zero attached hydrogens (tertiary/aromatic N) is 2. The summed E-state index contributed by atoms with van der Waals surface area (Å²) in [6.45, 7) is 0.541. The lowest BCUT2D eigenvalue weighted by Crippen LogP contribution is -2.42. The second kappa shape index (κ2) is 6.49. The molecule has 0 unspecified atom stereocenters. The zero-order chi connectivity index (χ0) is 17.3. The molecule has 2 aromatic rings. The van der Waals surface area contributed by atoms with Gasteiger partial charge >= 0.3 is 6.09 Å². The topological polar surface area (TPSA) is 65.5 Å². The molecule has 1 aromatic heterocycles. The molecule has 5 nitrogen and oxygen atoms in total. The van der Waals surface area contributed by atoms with Gasteiger partial charge in [0.2, 0.25) is 0 Å². The molecule has 0 bridgehead atoms. The molecular formula is C17H17Cl2N3O2.